The van der Waals surface area contributed by atoms with E-state index in [4.69, 9.17) is 0 Å². The zero-order valence-electron chi connectivity index (χ0n) is 7.84. The van der Waals surface area contributed by atoms with Gasteiger partial charge in [-0.1, -0.05) is 6.07 Å². The van der Waals surface area contributed by atoms with E-state index in [1.807, 2.05) is 30.9 Å². The molecule has 0 aliphatic carbocycles. The number of nitrogens with zero attached hydrogens (tertiary/aromatic N) is 2. The van der Waals surface area contributed by atoms with Gasteiger partial charge in [-0.2, -0.15) is 0 Å². The van der Waals surface area contributed by atoms with Crippen molar-refractivity contribution in [2.24, 2.45) is 0 Å². The Kier molecular flexibility index (Phi) is 2.86. The van der Waals surface area contributed by atoms with Gasteiger partial charge in [0.15, 0.2) is 0 Å². The molecule has 2 heterocycles. The van der Waals surface area contributed by atoms with Gasteiger partial charge in [0.1, 0.15) is 5.01 Å². The molecule has 0 bridgehead atoms. The van der Waals surface area contributed by atoms with Crippen LogP contribution in [0.15, 0.2) is 36.1 Å². The van der Waals surface area contributed by atoms with Gasteiger partial charge in [-0.15, -0.1) is 11.3 Å². The summed E-state index contributed by atoms with van der Waals surface area (Å²) in [5.41, 5.74) is 1.14. The van der Waals surface area contributed by atoms with Gasteiger partial charge in [0.05, 0.1) is 6.04 Å². The summed E-state index contributed by atoms with van der Waals surface area (Å²) in [6.45, 7) is 0. The Morgan fingerprint density at radius 2 is 2.36 bits per heavy atom. The van der Waals surface area contributed by atoms with Crippen LogP contribution in [-0.4, -0.2) is 17.0 Å². The Balaban J connectivity index is 2.31. The molecule has 2 aromatic heterocycles. The number of nitrogens with one attached hydrogen (secondary N) is 1. The second-order valence-corrected chi connectivity index (χ2v) is 3.80. The van der Waals surface area contributed by atoms with Gasteiger partial charge in [0.2, 0.25) is 0 Å². The molecule has 0 aliphatic heterocycles. The van der Waals surface area contributed by atoms with E-state index >= 15 is 0 Å². The first-order valence-electron chi connectivity index (χ1n) is 4.38. The molecule has 4 heteroatoms. The largest absolute Gasteiger partial charge is 0.307 e. The second-order valence-electron chi connectivity index (χ2n) is 2.88. The van der Waals surface area contributed by atoms with Crippen LogP contribution < -0.4 is 5.32 Å². The van der Waals surface area contributed by atoms with E-state index in [2.05, 4.69) is 21.4 Å². The Labute approximate surface area is 86.8 Å². The third-order valence-electron chi connectivity index (χ3n) is 2.00. The molecule has 0 fully saturated rings. The molecule has 2 aromatic rings. The quantitative estimate of drug-likeness (QED) is 0.831. The number of hydrogen-bond acceptors (Lipinski definition) is 4. The lowest BCUT2D eigenvalue weighted by Crippen LogP contribution is -2.17. The van der Waals surface area contributed by atoms with E-state index < -0.39 is 0 Å². The average molecular weight is 205 g/mol. The van der Waals surface area contributed by atoms with Gasteiger partial charge in [0.25, 0.3) is 0 Å². The molecule has 0 spiro atoms. The SMILES string of the molecule is CNC(c1cccnc1)c1nccs1. The number of aromatic nitrogens is 2. The number of hydrogen-bond donors (Lipinski definition) is 1. The number of thiazole rings is 1. The standard InChI is InChI=1S/C10H11N3S/c1-11-9(10-13-5-6-14-10)8-3-2-4-12-7-8/h2-7,9,11H,1H3. The van der Waals surface area contributed by atoms with Crippen molar-refractivity contribution < 1.29 is 0 Å². The van der Waals surface area contributed by atoms with Crippen LogP contribution in [0.4, 0.5) is 0 Å². The Morgan fingerprint density at radius 3 is 2.93 bits per heavy atom. The van der Waals surface area contributed by atoms with E-state index in [9.17, 15) is 0 Å². The summed E-state index contributed by atoms with van der Waals surface area (Å²) in [4.78, 5) is 8.39. The van der Waals surface area contributed by atoms with Crippen molar-refractivity contribution in [3.05, 3.63) is 46.7 Å². The van der Waals surface area contributed by atoms with Gasteiger partial charge >= 0.3 is 0 Å². The molecule has 0 aliphatic rings. The minimum Gasteiger partial charge on any atom is -0.307 e. The molecule has 3 nitrogen and oxygen atoms in total. The van der Waals surface area contributed by atoms with E-state index in [0.717, 1.165) is 10.6 Å². The van der Waals surface area contributed by atoms with Crippen molar-refractivity contribution in [3.63, 3.8) is 0 Å². The Hall–Kier alpha value is -1.26. The summed E-state index contributed by atoms with van der Waals surface area (Å²) in [5.74, 6) is 0. The van der Waals surface area contributed by atoms with Crippen LogP contribution in [0.2, 0.25) is 0 Å². The first-order chi connectivity index (χ1) is 6.92. The van der Waals surface area contributed by atoms with Gasteiger partial charge < -0.3 is 5.32 Å². The minimum absolute atomic E-state index is 0.156. The van der Waals surface area contributed by atoms with Gasteiger partial charge in [-0.25, -0.2) is 4.98 Å². The molecule has 0 aromatic carbocycles. The maximum Gasteiger partial charge on any atom is 0.114 e. The number of rotatable bonds is 3. The smallest absolute Gasteiger partial charge is 0.114 e. The lowest BCUT2D eigenvalue weighted by Gasteiger charge is -2.12. The fourth-order valence-electron chi connectivity index (χ4n) is 1.36. The third kappa shape index (κ3) is 1.81. The topological polar surface area (TPSA) is 37.8 Å². The van der Waals surface area contributed by atoms with Crippen LogP contribution in [0.3, 0.4) is 0 Å². The van der Waals surface area contributed by atoms with E-state index in [1.165, 1.54) is 0 Å². The van der Waals surface area contributed by atoms with Crippen LogP contribution in [0, 0.1) is 0 Å². The Bertz CT molecular complexity index is 372. The van der Waals surface area contributed by atoms with E-state index in [0.29, 0.717) is 0 Å². The highest BCUT2D eigenvalue weighted by Gasteiger charge is 2.13. The number of pyridine rings is 1. The lowest BCUT2D eigenvalue weighted by molar-refractivity contribution is 0.683. The second kappa shape index (κ2) is 4.30. The molecule has 72 valence electrons. The first kappa shape index (κ1) is 9.30. The molecular formula is C10H11N3S. The van der Waals surface area contributed by atoms with Crippen LogP contribution >= 0.6 is 11.3 Å². The van der Waals surface area contributed by atoms with Gasteiger partial charge in [0, 0.05) is 24.0 Å². The molecule has 0 saturated heterocycles. The maximum atomic E-state index is 4.29. The zero-order chi connectivity index (χ0) is 9.80. The molecule has 1 N–H and O–H groups in total. The van der Waals surface area contributed by atoms with E-state index in [1.54, 1.807) is 17.5 Å². The lowest BCUT2D eigenvalue weighted by atomic mass is 10.1. The normalized spacial score (nSPS) is 12.6. The summed E-state index contributed by atoms with van der Waals surface area (Å²) in [6, 6.07) is 4.15. The molecule has 14 heavy (non-hydrogen) atoms. The molecule has 0 saturated carbocycles. The monoisotopic (exact) mass is 205 g/mol. The predicted molar refractivity (Wildman–Crippen MR) is 57.3 cm³/mol. The summed E-state index contributed by atoms with van der Waals surface area (Å²) in [7, 11) is 1.93. The third-order valence-corrected chi connectivity index (χ3v) is 2.85. The highest BCUT2D eigenvalue weighted by molar-refractivity contribution is 7.09. The van der Waals surface area contributed by atoms with Crippen molar-refractivity contribution in [1.82, 2.24) is 15.3 Å². The van der Waals surface area contributed by atoms with Gasteiger partial charge in [-0.05, 0) is 18.7 Å². The molecular weight excluding hydrogens is 194 g/mol. The van der Waals surface area contributed by atoms with Crippen LogP contribution in [0.5, 0.6) is 0 Å². The van der Waals surface area contributed by atoms with Gasteiger partial charge in [-0.3, -0.25) is 4.98 Å². The summed E-state index contributed by atoms with van der Waals surface area (Å²) >= 11 is 1.65. The highest BCUT2D eigenvalue weighted by atomic mass is 32.1. The molecule has 1 atom stereocenters. The maximum absolute atomic E-state index is 4.29. The first-order valence-corrected chi connectivity index (χ1v) is 5.26. The molecule has 2 rings (SSSR count). The van der Waals surface area contributed by atoms with Crippen molar-refractivity contribution in [1.29, 1.82) is 0 Å². The van der Waals surface area contributed by atoms with Crippen LogP contribution in [-0.2, 0) is 0 Å². The van der Waals surface area contributed by atoms with Crippen molar-refractivity contribution >= 4 is 11.3 Å². The fourth-order valence-corrected chi connectivity index (χ4v) is 2.13. The summed E-state index contributed by atoms with van der Waals surface area (Å²) in [6.07, 6.45) is 5.46. The summed E-state index contributed by atoms with van der Waals surface area (Å²) in [5, 5.41) is 6.28. The molecule has 0 amide bonds. The van der Waals surface area contributed by atoms with Crippen molar-refractivity contribution in [3.8, 4) is 0 Å². The van der Waals surface area contributed by atoms with Crippen molar-refractivity contribution in [2.75, 3.05) is 7.05 Å². The molecule has 0 radical (unpaired) electrons. The fraction of sp³-hybridized carbons (Fsp3) is 0.200. The van der Waals surface area contributed by atoms with Crippen molar-refractivity contribution in [2.45, 2.75) is 6.04 Å². The zero-order valence-corrected chi connectivity index (χ0v) is 8.66. The predicted octanol–water partition coefficient (Wildman–Crippen LogP) is 1.85. The minimum atomic E-state index is 0.156. The van der Waals surface area contributed by atoms with E-state index in [-0.39, 0.29) is 6.04 Å². The molecule has 1 unspecified atom stereocenters. The highest BCUT2D eigenvalue weighted by Crippen LogP contribution is 2.22. The van der Waals surface area contributed by atoms with Crippen LogP contribution in [0.1, 0.15) is 16.6 Å². The Morgan fingerprint density at radius 1 is 1.43 bits per heavy atom. The van der Waals surface area contributed by atoms with Crippen LogP contribution in [0.25, 0.3) is 0 Å². The summed E-state index contributed by atoms with van der Waals surface area (Å²) < 4.78 is 0. The average Bonchev–Trinajstić information content (AvgIpc) is 2.74.